The third-order valence-electron chi connectivity index (χ3n) is 4.55. The van der Waals surface area contributed by atoms with Crippen molar-refractivity contribution in [2.75, 3.05) is 20.3 Å². The van der Waals surface area contributed by atoms with Gasteiger partial charge in [0.05, 0.1) is 7.11 Å². The number of aliphatic hydroxyl groups excluding tert-OH is 1. The highest BCUT2D eigenvalue weighted by atomic mass is 16.5. The third-order valence-corrected chi connectivity index (χ3v) is 4.55. The van der Waals surface area contributed by atoms with Crippen molar-refractivity contribution in [3.05, 3.63) is 29.3 Å². The Morgan fingerprint density at radius 2 is 2.24 bits per heavy atom. The molecule has 21 heavy (non-hydrogen) atoms. The average molecular weight is 292 g/mol. The molecule has 1 aliphatic rings. The fraction of sp³-hybridized carbons (Fsp3) is 0.647. The standard InChI is InChI=1S/C17H28N2O2/c1-13(4-3-9-20)19-17(12-18)8-7-14-5-6-16(21-2)10-15(14)11-17/h5-6,10,13,19-20H,3-4,7-9,11-12,18H2,1-2H3. The van der Waals surface area contributed by atoms with Gasteiger partial charge in [-0.15, -0.1) is 0 Å². The Hall–Kier alpha value is -1.10. The van der Waals surface area contributed by atoms with E-state index in [1.54, 1.807) is 7.11 Å². The first kappa shape index (κ1) is 16.3. The Labute approximate surface area is 127 Å². The Balaban J connectivity index is 2.11. The maximum atomic E-state index is 8.96. The van der Waals surface area contributed by atoms with Crippen molar-refractivity contribution in [1.82, 2.24) is 5.32 Å². The van der Waals surface area contributed by atoms with Crippen LogP contribution in [0, 0.1) is 0 Å². The summed E-state index contributed by atoms with van der Waals surface area (Å²) in [5.74, 6) is 0.912. The van der Waals surface area contributed by atoms with Crippen LogP contribution in [-0.2, 0) is 12.8 Å². The zero-order chi connectivity index (χ0) is 15.3. The molecule has 0 saturated heterocycles. The molecule has 2 rings (SSSR count). The number of hydrogen-bond donors (Lipinski definition) is 3. The van der Waals surface area contributed by atoms with Crippen LogP contribution in [0.3, 0.4) is 0 Å². The minimum absolute atomic E-state index is 0.0335. The lowest BCUT2D eigenvalue weighted by atomic mass is 9.77. The summed E-state index contributed by atoms with van der Waals surface area (Å²) in [5, 5.41) is 12.7. The first-order valence-electron chi connectivity index (χ1n) is 7.87. The van der Waals surface area contributed by atoms with E-state index in [1.165, 1.54) is 11.1 Å². The number of benzene rings is 1. The van der Waals surface area contributed by atoms with Crippen LogP contribution < -0.4 is 15.8 Å². The van der Waals surface area contributed by atoms with Gasteiger partial charge in [-0.3, -0.25) is 0 Å². The van der Waals surface area contributed by atoms with Gasteiger partial charge in [-0.25, -0.2) is 0 Å². The zero-order valence-electron chi connectivity index (χ0n) is 13.2. The van der Waals surface area contributed by atoms with Gasteiger partial charge in [0, 0.05) is 24.7 Å². The van der Waals surface area contributed by atoms with Crippen LogP contribution in [0.5, 0.6) is 5.75 Å². The van der Waals surface area contributed by atoms with E-state index >= 15 is 0 Å². The van der Waals surface area contributed by atoms with Crippen molar-refractivity contribution < 1.29 is 9.84 Å². The maximum Gasteiger partial charge on any atom is 0.119 e. The van der Waals surface area contributed by atoms with Crippen LogP contribution in [0.2, 0.25) is 0 Å². The molecule has 0 amide bonds. The topological polar surface area (TPSA) is 67.5 Å². The Kier molecular flexibility index (Phi) is 5.62. The van der Waals surface area contributed by atoms with Gasteiger partial charge in [-0.1, -0.05) is 6.07 Å². The SMILES string of the molecule is COc1ccc2c(c1)CC(CN)(NC(C)CCCO)CC2. The van der Waals surface area contributed by atoms with Crippen molar-refractivity contribution in [3.8, 4) is 5.75 Å². The molecule has 4 N–H and O–H groups in total. The normalized spacial score (nSPS) is 22.7. The quantitative estimate of drug-likeness (QED) is 0.714. The van der Waals surface area contributed by atoms with Gasteiger partial charge in [-0.05, 0) is 62.3 Å². The number of methoxy groups -OCH3 is 1. The third kappa shape index (κ3) is 3.96. The molecule has 118 valence electrons. The van der Waals surface area contributed by atoms with E-state index < -0.39 is 0 Å². The van der Waals surface area contributed by atoms with E-state index in [0.717, 1.165) is 37.9 Å². The number of rotatable bonds is 7. The fourth-order valence-electron chi connectivity index (χ4n) is 3.31. The first-order valence-corrected chi connectivity index (χ1v) is 7.87. The van der Waals surface area contributed by atoms with Crippen LogP contribution in [-0.4, -0.2) is 36.9 Å². The molecule has 1 aromatic rings. The molecule has 1 aliphatic carbocycles. The van der Waals surface area contributed by atoms with Gasteiger partial charge < -0.3 is 20.9 Å². The van der Waals surface area contributed by atoms with Gasteiger partial charge in [0.1, 0.15) is 5.75 Å². The smallest absolute Gasteiger partial charge is 0.119 e. The van der Waals surface area contributed by atoms with Crippen LogP contribution >= 0.6 is 0 Å². The minimum atomic E-state index is -0.0335. The lowest BCUT2D eigenvalue weighted by Gasteiger charge is -2.40. The van der Waals surface area contributed by atoms with Crippen LogP contribution in [0.1, 0.15) is 37.3 Å². The summed E-state index contributed by atoms with van der Waals surface area (Å²) in [6.45, 7) is 3.06. The van der Waals surface area contributed by atoms with Crippen LogP contribution in [0.15, 0.2) is 18.2 Å². The average Bonchev–Trinajstić information content (AvgIpc) is 2.52. The van der Waals surface area contributed by atoms with E-state index in [9.17, 15) is 0 Å². The Bertz CT molecular complexity index is 464. The van der Waals surface area contributed by atoms with E-state index in [4.69, 9.17) is 15.6 Å². The monoisotopic (exact) mass is 292 g/mol. The summed E-state index contributed by atoms with van der Waals surface area (Å²) < 4.78 is 5.34. The molecule has 0 saturated carbocycles. The molecule has 2 unspecified atom stereocenters. The largest absolute Gasteiger partial charge is 0.497 e. The maximum absolute atomic E-state index is 8.96. The van der Waals surface area contributed by atoms with E-state index in [2.05, 4.69) is 24.4 Å². The summed E-state index contributed by atoms with van der Waals surface area (Å²) in [7, 11) is 1.70. The molecule has 0 bridgehead atoms. The molecule has 0 spiro atoms. The molecule has 0 fully saturated rings. The van der Waals surface area contributed by atoms with Crippen molar-refractivity contribution in [2.24, 2.45) is 5.73 Å². The number of aryl methyl sites for hydroxylation is 1. The molecule has 0 aliphatic heterocycles. The van der Waals surface area contributed by atoms with Gasteiger partial charge >= 0.3 is 0 Å². The number of nitrogens with two attached hydrogens (primary N) is 1. The van der Waals surface area contributed by atoms with Crippen LogP contribution in [0.4, 0.5) is 0 Å². The number of aliphatic hydroxyl groups is 1. The molecule has 1 aromatic carbocycles. The molecular formula is C17H28N2O2. The van der Waals surface area contributed by atoms with E-state index in [-0.39, 0.29) is 12.1 Å². The number of ether oxygens (including phenoxy) is 1. The number of fused-ring (bicyclic) bond motifs is 1. The van der Waals surface area contributed by atoms with Crippen LogP contribution in [0.25, 0.3) is 0 Å². The summed E-state index contributed by atoms with van der Waals surface area (Å²) in [6.07, 6.45) is 4.87. The second-order valence-electron chi connectivity index (χ2n) is 6.21. The first-order chi connectivity index (χ1) is 10.1. The summed E-state index contributed by atoms with van der Waals surface area (Å²) in [6, 6.07) is 6.71. The van der Waals surface area contributed by atoms with Gasteiger partial charge in [-0.2, -0.15) is 0 Å². The minimum Gasteiger partial charge on any atom is -0.497 e. The molecule has 4 heteroatoms. The molecule has 2 atom stereocenters. The van der Waals surface area contributed by atoms with E-state index in [0.29, 0.717) is 12.6 Å². The van der Waals surface area contributed by atoms with Gasteiger partial charge in [0.25, 0.3) is 0 Å². The van der Waals surface area contributed by atoms with Gasteiger partial charge in [0.2, 0.25) is 0 Å². The second-order valence-corrected chi connectivity index (χ2v) is 6.21. The highest BCUT2D eigenvalue weighted by molar-refractivity contribution is 5.39. The highest BCUT2D eigenvalue weighted by Gasteiger charge is 2.34. The Morgan fingerprint density at radius 3 is 2.90 bits per heavy atom. The number of nitrogens with one attached hydrogen (secondary N) is 1. The van der Waals surface area contributed by atoms with Crippen molar-refractivity contribution >= 4 is 0 Å². The fourth-order valence-corrected chi connectivity index (χ4v) is 3.31. The van der Waals surface area contributed by atoms with Crippen molar-refractivity contribution in [2.45, 2.75) is 50.6 Å². The summed E-state index contributed by atoms with van der Waals surface area (Å²) in [5.41, 5.74) is 8.81. The summed E-state index contributed by atoms with van der Waals surface area (Å²) >= 11 is 0. The molecule has 0 heterocycles. The summed E-state index contributed by atoms with van der Waals surface area (Å²) in [4.78, 5) is 0. The van der Waals surface area contributed by atoms with Crippen molar-refractivity contribution in [3.63, 3.8) is 0 Å². The molecule has 4 nitrogen and oxygen atoms in total. The zero-order valence-corrected chi connectivity index (χ0v) is 13.2. The predicted octanol–water partition coefficient (Wildman–Crippen LogP) is 1.63. The lowest BCUT2D eigenvalue weighted by molar-refractivity contribution is 0.238. The molecule has 0 radical (unpaired) electrons. The predicted molar refractivity (Wildman–Crippen MR) is 85.7 cm³/mol. The molecular weight excluding hydrogens is 264 g/mol. The highest BCUT2D eigenvalue weighted by Crippen LogP contribution is 2.31. The van der Waals surface area contributed by atoms with Crippen molar-refractivity contribution in [1.29, 1.82) is 0 Å². The lowest BCUT2D eigenvalue weighted by Crippen LogP contribution is -2.57. The van der Waals surface area contributed by atoms with E-state index in [1.807, 2.05) is 6.07 Å². The molecule has 0 aromatic heterocycles. The number of hydrogen-bond acceptors (Lipinski definition) is 4. The van der Waals surface area contributed by atoms with Gasteiger partial charge in [0.15, 0.2) is 0 Å². The second kappa shape index (κ2) is 7.25. The Morgan fingerprint density at radius 1 is 1.43 bits per heavy atom.